The number of nitrogens with one attached hydrogen (secondary N) is 1. The molecule has 0 atom stereocenters. The summed E-state index contributed by atoms with van der Waals surface area (Å²) in [7, 11) is 6.00. The zero-order valence-corrected chi connectivity index (χ0v) is 12.1. The molecule has 0 aliphatic rings. The van der Waals surface area contributed by atoms with E-state index < -0.39 is 0 Å². The summed E-state index contributed by atoms with van der Waals surface area (Å²) in [5.41, 5.74) is 1.14. The van der Waals surface area contributed by atoms with Crippen LogP contribution in [0.5, 0.6) is 0 Å². The Bertz CT molecular complexity index is 392. The van der Waals surface area contributed by atoms with Crippen molar-refractivity contribution < 1.29 is 0 Å². The Kier molecular flexibility index (Phi) is 4.41. The first-order valence-corrected chi connectivity index (χ1v) is 6.04. The van der Waals surface area contributed by atoms with E-state index in [9.17, 15) is 0 Å². The maximum absolute atomic E-state index is 3.96. The SMILES string of the molecule is CN(C)C.[SnH][c]1cccc2[nH]ncc12. The molecule has 0 spiro atoms. The van der Waals surface area contributed by atoms with Gasteiger partial charge in [0, 0.05) is 0 Å². The van der Waals surface area contributed by atoms with Crippen LogP contribution in [0.3, 0.4) is 0 Å². The van der Waals surface area contributed by atoms with Gasteiger partial charge in [0.05, 0.1) is 0 Å². The normalized spacial score (nSPS) is 10.1. The summed E-state index contributed by atoms with van der Waals surface area (Å²) in [4.78, 5) is 2.00. The summed E-state index contributed by atoms with van der Waals surface area (Å²) < 4.78 is 1.40. The van der Waals surface area contributed by atoms with Gasteiger partial charge in [-0.15, -0.1) is 0 Å². The van der Waals surface area contributed by atoms with Crippen LogP contribution in [-0.4, -0.2) is 58.8 Å². The van der Waals surface area contributed by atoms with Crippen molar-refractivity contribution >= 4 is 37.0 Å². The van der Waals surface area contributed by atoms with Gasteiger partial charge >= 0.3 is 71.6 Å². The fourth-order valence-electron chi connectivity index (χ4n) is 0.991. The predicted octanol–water partition coefficient (Wildman–Crippen LogP) is 0.267. The average molecular weight is 296 g/mol. The fourth-order valence-corrected chi connectivity index (χ4v) is 1.96. The van der Waals surface area contributed by atoms with E-state index in [-0.39, 0.29) is 0 Å². The first-order valence-electron chi connectivity index (χ1n) is 4.39. The van der Waals surface area contributed by atoms with Gasteiger partial charge in [0.25, 0.3) is 0 Å². The van der Waals surface area contributed by atoms with Crippen LogP contribution in [0.25, 0.3) is 10.9 Å². The molecule has 1 aromatic heterocycles. The van der Waals surface area contributed by atoms with Gasteiger partial charge in [0.1, 0.15) is 0 Å². The minimum absolute atomic E-state index is 1.14. The Morgan fingerprint density at radius 1 is 1.29 bits per heavy atom. The van der Waals surface area contributed by atoms with Crippen LogP contribution >= 0.6 is 0 Å². The molecule has 0 fully saturated rings. The molecule has 4 heteroatoms. The van der Waals surface area contributed by atoms with Gasteiger partial charge in [0.2, 0.25) is 0 Å². The number of hydrogen-bond donors (Lipinski definition) is 1. The summed E-state index contributed by atoms with van der Waals surface area (Å²) >= 11 is 1.16. The van der Waals surface area contributed by atoms with Crippen LogP contribution in [0.15, 0.2) is 24.4 Å². The van der Waals surface area contributed by atoms with Crippen molar-refractivity contribution in [1.82, 2.24) is 15.1 Å². The van der Waals surface area contributed by atoms with Crippen molar-refractivity contribution in [2.24, 2.45) is 0 Å². The van der Waals surface area contributed by atoms with Crippen molar-refractivity contribution in [1.29, 1.82) is 0 Å². The zero-order valence-electron chi connectivity index (χ0n) is 8.78. The van der Waals surface area contributed by atoms with Crippen molar-refractivity contribution in [3.63, 3.8) is 0 Å². The molecule has 0 amide bonds. The van der Waals surface area contributed by atoms with E-state index in [1.807, 2.05) is 38.3 Å². The molecular weight excluding hydrogens is 281 g/mol. The second kappa shape index (κ2) is 5.36. The summed E-state index contributed by atoms with van der Waals surface area (Å²) in [6.45, 7) is 0. The summed E-state index contributed by atoms with van der Waals surface area (Å²) in [6.07, 6.45) is 1.88. The van der Waals surface area contributed by atoms with Crippen LogP contribution in [-0.2, 0) is 0 Å². The zero-order chi connectivity index (χ0) is 10.6. The van der Waals surface area contributed by atoms with Crippen molar-refractivity contribution in [2.75, 3.05) is 21.1 Å². The number of hydrogen-bond acceptors (Lipinski definition) is 2. The number of aromatic nitrogens is 2. The Morgan fingerprint density at radius 3 is 2.50 bits per heavy atom. The minimum atomic E-state index is 1.14. The van der Waals surface area contributed by atoms with E-state index in [4.69, 9.17) is 0 Å². The van der Waals surface area contributed by atoms with Gasteiger partial charge in [-0.2, -0.15) is 0 Å². The number of benzene rings is 1. The molecule has 2 aromatic rings. The van der Waals surface area contributed by atoms with Crippen molar-refractivity contribution in [3.8, 4) is 0 Å². The predicted molar refractivity (Wildman–Crippen MR) is 62.5 cm³/mol. The van der Waals surface area contributed by atoms with Gasteiger partial charge in [-0.1, -0.05) is 0 Å². The van der Waals surface area contributed by atoms with Crippen LogP contribution < -0.4 is 3.58 Å². The Hall–Kier alpha value is -0.551. The van der Waals surface area contributed by atoms with E-state index in [2.05, 4.69) is 22.3 Å². The van der Waals surface area contributed by atoms with Gasteiger partial charge in [-0.05, 0) is 21.1 Å². The van der Waals surface area contributed by atoms with E-state index in [0.29, 0.717) is 0 Å². The molecule has 14 heavy (non-hydrogen) atoms. The van der Waals surface area contributed by atoms with Gasteiger partial charge < -0.3 is 4.90 Å². The molecule has 0 saturated carbocycles. The summed E-state index contributed by atoms with van der Waals surface area (Å²) in [5, 5.41) is 8.16. The molecule has 1 heterocycles. The molecule has 0 bridgehead atoms. The average Bonchev–Trinajstić information content (AvgIpc) is 2.52. The first kappa shape index (κ1) is 11.5. The molecular formula is C10H15N3Sn. The molecule has 1 aromatic carbocycles. The van der Waals surface area contributed by atoms with Gasteiger partial charge in [-0.25, -0.2) is 0 Å². The molecule has 0 aliphatic carbocycles. The molecule has 0 unspecified atom stereocenters. The third-order valence-corrected chi connectivity index (χ3v) is 2.96. The molecule has 2 rings (SSSR count). The Balaban J connectivity index is 0.000000213. The van der Waals surface area contributed by atoms with Crippen LogP contribution in [0.4, 0.5) is 0 Å². The quantitative estimate of drug-likeness (QED) is 0.708. The molecule has 3 nitrogen and oxygen atoms in total. The number of fused-ring (bicyclic) bond motifs is 1. The molecule has 2 radical (unpaired) electrons. The molecule has 1 N–H and O–H groups in total. The summed E-state index contributed by atoms with van der Waals surface area (Å²) in [6, 6.07) is 6.24. The van der Waals surface area contributed by atoms with E-state index in [1.165, 1.54) is 8.97 Å². The second-order valence-electron chi connectivity index (χ2n) is 3.52. The Labute approximate surface area is 97.6 Å². The Morgan fingerprint density at radius 2 is 1.93 bits per heavy atom. The molecule has 0 aliphatic heterocycles. The third kappa shape index (κ3) is 3.30. The summed E-state index contributed by atoms with van der Waals surface area (Å²) in [5.74, 6) is 0. The molecule has 0 saturated heterocycles. The van der Waals surface area contributed by atoms with Crippen LogP contribution in [0.2, 0.25) is 0 Å². The number of H-pyrrole nitrogens is 1. The van der Waals surface area contributed by atoms with E-state index >= 15 is 0 Å². The van der Waals surface area contributed by atoms with E-state index in [1.54, 1.807) is 0 Å². The fraction of sp³-hybridized carbons (Fsp3) is 0.300. The van der Waals surface area contributed by atoms with Crippen molar-refractivity contribution in [3.05, 3.63) is 24.4 Å². The van der Waals surface area contributed by atoms with Crippen LogP contribution in [0.1, 0.15) is 0 Å². The maximum atomic E-state index is 3.96. The van der Waals surface area contributed by atoms with Crippen LogP contribution in [0, 0.1) is 0 Å². The standard InChI is InChI=1S/C7H5N2.C3H9N.Sn.H/c1-2-4-7-6(3-1)5-8-9-7;1-4(2)3;;/h1-2,4-5H,(H,8,9);1-3H3;;. The molecule has 74 valence electrons. The number of aromatic amines is 1. The topological polar surface area (TPSA) is 31.9 Å². The number of rotatable bonds is 0. The monoisotopic (exact) mass is 297 g/mol. The van der Waals surface area contributed by atoms with Crippen molar-refractivity contribution in [2.45, 2.75) is 0 Å². The third-order valence-electron chi connectivity index (χ3n) is 1.52. The second-order valence-corrected chi connectivity index (χ2v) is 5.30. The van der Waals surface area contributed by atoms with Gasteiger partial charge in [0.15, 0.2) is 0 Å². The first-order chi connectivity index (χ1) is 6.61. The number of nitrogens with zero attached hydrogens (tertiary/aromatic N) is 2. The van der Waals surface area contributed by atoms with Gasteiger partial charge in [-0.3, -0.25) is 0 Å². The van der Waals surface area contributed by atoms with E-state index in [0.717, 1.165) is 28.0 Å².